The van der Waals surface area contributed by atoms with Gasteiger partial charge in [-0.05, 0) is 23.3 Å². The van der Waals surface area contributed by atoms with Crippen LogP contribution in [-0.4, -0.2) is 37.4 Å². The van der Waals surface area contributed by atoms with Gasteiger partial charge in [0, 0.05) is 13.6 Å². The first kappa shape index (κ1) is 15.9. The van der Waals surface area contributed by atoms with Crippen molar-refractivity contribution in [3.63, 3.8) is 0 Å². The van der Waals surface area contributed by atoms with E-state index in [9.17, 15) is 9.18 Å². The van der Waals surface area contributed by atoms with Crippen molar-refractivity contribution in [2.75, 3.05) is 20.7 Å². The summed E-state index contributed by atoms with van der Waals surface area (Å²) in [4.78, 5) is 18.4. The zero-order chi connectivity index (χ0) is 17.1. The topological polar surface area (TPSA) is 41.9 Å². The van der Waals surface area contributed by atoms with E-state index >= 15 is 0 Å². The largest absolute Gasteiger partial charge is 0.480 e. The molecular formula is C19H17FN2O2. The lowest BCUT2D eigenvalue weighted by atomic mass is 10.0. The van der Waals surface area contributed by atoms with Crippen LogP contribution < -0.4 is 0 Å². The Balaban J connectivity index is 2.14. The number of hydrogen-bond acceptors (Lipinski definition) is 3. The van der Waals surface area contributed by atoms with Crippen molar-refractivity contribution in [1.82, 2.24) is 4.90 Å². The second kappa shape index (κ2) is 6.66. The summed E-state index contributed by atoms with van der Waals surface area (Å²) in [5.74, 6) is -0.535. The molecule has 5 heteroatoms. The first-order chi connectivity index (χ1) is 11.6. The van der Waals surface area contributed by atoms with Crippen LogP contribution in [0.5, 0.6) is 0 Å². The van der Waals surface area contributed by atoms with Crippen molar-refractivity contribution >= 4 is 23.1 Å². The number of aliphatic imine (C=N–C) groups is 1. The predicted molar refractivity (Wildman–Crippen MR) is 91.5 cm³/mol. The van der Waals surface area contributed by atoms with Gasteiger partial charge in [0.05, 0.1) is 7.11 Å². The molecule has 0 fully saturated rings. The van der Waals surface area contributed by atoms with Gasteiger partial charge in [-0.25, -0.2) is 9.38 Å². The SMILES string of the molecule is COC(=Nc1ccccc1F)C1=C(c2ccccc2)CN(C)C1=O. The molecule has 122 valence electrons. The number of amides is 1. The molecule has 0 N–H and O–H groups in total. The third-order valence-corrected chi connectivity index (χ3v) is 3.86. The molecule has 0 bridgehead atoms. The number of methoxy groups -OCH3 is 1. The molecule has 2 aromatic rings. The Hall–Kier alpha value is -2.95. The summed E-state index contributed by atoms with van der Waals surface area (Å²) in [5, 5.41) is 0. The Morgan fingerprint density at radius 2 is 1.79 bits per heavy atom. The normalized spacial score (nSPS) is 15.2. The maximum atomic E-state index is 13.9. The molecule has 4 nitrogen and oxygen atoms in total. The zero-order valence-corrected chi connectivity index (χ0v) is 13.5. The Morgan fingerprint density at radius 1 is 1.12 bits per heavy atom. The van der Waals surface area contributed by atoms with E-state index in [0.29, 0.717) is 12.1 Å². The van der Waals surface area contributed by atoms with Crippen LogP contribution >= 0.6 is 0 Å². The highest BCUT2D eigenvalue weighted by Crippen LogP contribution is 2.29. The lowest BCUT2D eigenvalue weighted by molar-refractivity contribution is -0.123. The number of carbonyl (C=O) groups is 1. The molecule has 1 heterocycles. The van der Waals surface area contributed by atoms with Crippen molar-refractivity contribution in [1.29, 1.82) is 0 Å². The maximum Gasteiger partial charge on any atom is 0.259 e. The minimum absolute atomic E-state index is 0.119. The van der Waals surface area contributed by atoms with E-state index in [1.165, 1.54) is 13.2 Å². The van der Waals surface area contributed by atoms with E-state index in [1.807, 2.05) is 30.3 Å². The number of ether oxygens (including phenoxy) is 1. The second-order valence-corrected chi connectivity index (χ2v) is 5.45. The molecule has 0 spiro atoms. The number of rotatable bonds is 3. The molecule has 0 aromatic heterocycles. The van der Waals surface area contributed by atoms with E-state index < -0.39 is 5.82 Å². The van der Waals surface area contributed by atoms with Crippen LogP contribution in [0.15, 0.2) is 65.2 Å². The molecule has 1 amide bonds. The molecule has 1 aliphatic rings. The number of halogens is 1. The van der Waals surface area contributed by atoms with Crippen LogP contribution in [0.1, 0.15) is 5.56 Å². The van der Waals surface area contributed by atoms with Gasteiger partial charge in [0.2, 0.25) is 5.90 Å². The summed E-state index contributed by atoms with van der Waals surface area (Å²) >= 11 is 0. The van der Waals surface area contributed by atoms with Crippen LogP contribution in [0.3, 0.4) is 0 Å². The third kappa shape index (κ3) is 2.93. The molecule has 0 saturated carbocycles. The number of para-hydroxylation sites is 1. The maximum absolute atomic E-state index is 13.9. The van der Waals surface area contributed by atoms with Gasteiger partial charge in [0.1, 0.15) is 17.1 Å². The Morgan fingerprint density at radius 3 is 2.46 bits per heavy atom. The Bertz CT molecular complexity index is 828. The first-order valence-corrected chi connectivity index (χ1v) is 7.53. The van der Waals surface area contributed by atoms with Crippen LogP contribution in [0.25, 0.3) is 5.57 Å². The van der Waals surface area contributed by atoms with Gasteiger partial charge in [-0.1, -0.05) is 42.5 Å². The minimum atomic E-state index is -0.465. The van der Waals surface area contributed by atoms with Gasteiger partial charge in [-0.2, -0.15) is 0 Å². The molecule has 2 aromatic carbocycles. The fraction of sp³-hybridized carbons (Fsp3) is 0.158. The van der Waals surface area contributed by atoms with Crippen LogP contribution in [-0.2, 0) is 9.53 Å². The highest BCUT2D eigenvalue weighted by molar-refractivity contribution is 6.26. The summed E-state index contributed by atoms with van der Waals surface area (Å²) in [6, 6.07) is 15.7. The van der Waals surface area contributed by atoms with Crippen molar-refractivity contribution in [3.8, 4) is 0 Å². The van der Waals surface area contributed by atoms with Crippen molar-refractivity contribution in [3.05, 3.63) is 71.6 Å². The van der Waals surface area contributed by atoms with Gasteiger partial charge in [0.25, 0.3) is 5.91 Å². The molecule has 24 heavy (non-hydrogen) atoms. The molecule has 0 unspecified atom stereocenters. The van der Waals surface area contributed by atoms with Gasteiger partial charge in [-0.15, -0.1) is 0 Å². The lowest BCUT2D eigenvalue weighted by Gasteiger charge is -2.09. The molecule has 0 saturated heterocycles. The highest BCUT2D eigenvalue weighted by Gasteiger charge is 2.33. The average molecular weight is 324 g/mol. The highest BCUT2D eigenvalue weighted by atomic mass is 19.1. The summed E-state index contributed by atoms with van der Waals surface area (Å²) < 4.78 is 19.2. The van der Waals surface area contributed by atoms with Gasteiger partial charge >= 0.3 is 0 Å². The van der Waals surface area contributed by atoms with Gasteiger partial charge < -0.3 is 9.64 Å². The smallest absolute Gasteiger partial charge is 0.259 e. The van der Waals surface area contributed by atoms with Crippen molar-refractivity contribution in [2.45, 2.75) is 0 Å². The Labute approximate surface area is 139 Å². The van der Waals surface area contributed by atoms with E-state index in [4.69, 9.17) is 4.74 Å². The average Bonchev–Trinajstić information content (AvgIpc) is 2.90. The summed E-state index contributed by atoms with van der Waals surface area (Å²) in [5.41, 5.74) is 2.24. The zero-order valence-electron chi connectivity index (χ0n) is 13.5. The number of hydrogen-bond donors (Lipinski definition) is 0. The molecule has 1 aliphatic heterocycles. The van der Waals surface area contributed by atoms with E-state index in [1.54, 1.807) is 30.1 Å². The van der Waals surface area contributed by atoms with E-state index in [-0.39, 0.29) is 17.5 Å². The van der Waals surface area contributed by atoms with Crippen molar-refractivity contribution < 1.29 is 13.9 Å². The van der Waals surface area contributed by atoms with Crippen LogP contribution in [0.4, 0.5) is 10.1 Å². The van der Waals surface area contributed by atoms with Crippen LogP contribution in [0, 0.1) is 5.82 Å². The Kier molecular flexibility index (Phi) is 4.42. The fourth-order valence-corrected chi connectivity index (χ4v) is 2.66. The molecule has 0 aliphatic carbocycles. The summed E-state index contributed by atoms with van der Waals surface area (Å²) in [6.45, 7) is 0.456. The number of nitrogens with zero attached hydrogens (tertiary/aromatic N) is 2. The molecule has 0 radical (unpaired) electrons. The minimum Gasteiger partial charge on any atom is -0.480 e. The lowest BCUT2D eigenvalue weighted by Crippen LogP contribution is -2.24. The number of carbonyl (C=O) groups excluding carboxylic acids is 1. The van der Waals surface area contributed by atoms with Gasteiger partial charge in [0.15, 0.2) is 0 Å². The summed E-state index contributed by atoms with van der Waals surface area (Å²) in [7, 11) is 3.15. The monoisotopic (exact) mass is 324 g/mol. The van der Waals surface area contributed by atoms with Crippen molar-refractivity contribution in [2.24, 2.45) is 4.99 Å². The molecule has 3 rings (SSSR count). The first-order valence-electron chi connectivity index (χ1n) is 7.53. The van der Waals surface area contributed by atoms with E-state index in [0.717, 1.165) is 11.1 Å². The summed E-state index contributed by atoms with van der Waals surface area (Å²) in [6.07, 6.45) is 0. The third-order valence-electron chi connectivity index (χ3n) is 3.86. The van der Waals surface area contributed by atoms with Gasteiger partial charge in [-0.3, -0.25) is 4.79 Å². The van der Waals surface area contributed by atoms with E-state index in [2.05, 4.69) is 4.99 Å². The fourth-order valence-electron chi connectivity index (χ4n) is 2.66. The standard InChI is InChI=1S/C19H17FN2O2/c1-22-12-14(13-8-4-3-5-9-13)17(19(22)23)18(24-2)21-16-11-7-6-10-15(16)20/h3-11H,12H2,1-2H3. The number of benzene rings is 2. The quantitative estimate of drug-likeness (QED) is 0.641. The van der Waals surface area contributed by atoms with Crippen LogP contribution in [0.2, 0.25) is 0 Å². The molecule has 0 atom stereocenters. The molecular weight excluding hydrogens is 307 g/mol. The second-order valence-electron chi connectivity index (χ2n) is 5.45. The predicted octanol–water partition coefficient (Wildman–Crippen LogP) is 3.43. The number of likely N-dealkylation sites (N-methyl/N-ethyl adjacent to an activating group) is 1.